The Morgan fingerprint density at radius 1 is 1.04 bits per heavy atom. The van der Waals surface area contributed by atoms with E-state index in [0.29, 0.717) is 16.3 Å². The van der Waals surface area contributed by atoms with Gasteiger partial charge in [0, 0.05) is 16.3 Å². The maximum absolute atomic E-state index is 11.9. The molecular weight excluding hydrogens is 360 g/mol. The van der Waals surface area contributed by atoms with Gasteiger partial charge in [-0.3, -0.25) is 0 Å². The van der Waals surface area contributed by atoms with Crippen LogP contribution in [-0.2, 0) is 4.74 Å². The molecular formula is C22H15ClN2O2. The van der Waals surface area contributed by atoms with Crippen LogP contribution in [0.4, 0.5) is 5.69 Å². The highest BCUT2D eigenvalue weighted by molar-refractivity contribution is 6.31. The van der Waals surface area contributed by atoms with Gasteiger partial charge in [0.25, 0.3) is 0 Å². The van der Waals surface area contributed by atoms with Crippen LogP contribution in [0.1, 0.15) is 39.2 Å². The molecule has 0 bridgehead atoms. The van der Waals surface area contributed by atoms with Crippen LogP contribution in [0.2, 0.25) is 5.02 Å². The summed E-state index contributed by atoms with van der Waals surface area (Å²) in [7, 11) is 0. The number of hydrogen-bond donors (Lipinski definition) is 1. The van der Waals surface area contributed by atoms with E-state index in [2.05, 4.69) is 11.4 Å². The van der Waals surface area contributed by atoms with Crippen molar-refractivity contribution >= 4 is 23.3 Å². The van der Waals surface area contributed by atoms with E-state index in [4.69, 9.17) is 16.3 Å². The van der Waals surface area contributed by atoms with Crippen LogP contribution < -0.4 is 5.32 Å². The number of hydrogen-bond acceptors (Lipinski definition) is 4. The smallest absolute Gasteiger partial charge is 0.340 e. The molecule has 0 radical (unpaired) electrons. The second kappa shape index (κ2) is 7.14. The van der Waals surface area contributed by atoms with Gasteiger partial charge in [0.2, 0.25) is 6.23 Å². The Kier molecular flexibility index (Phi) is 4.53. The van der Waals surface area contributed by atoms with Crippen LogP contribution in [0.5, 0.6) is 0 Å². The predicted molar refractivity (Wildman–Crippen MR) is 104 cm³/mol. The fourth-order valence-corrected chi connectivity index (χ4v) is 3.51. The highest BCUT2D eigenvalue weighted by Crippen LogP contribution is 2.35. The Morgan fingerprint density at radius 3 is 2.52 bits per heavy atom. The van der Waals surface area contributed by atoms with E-state index in [9.17, 15) is 10.1 Å². The first-order chi connectivity index (χ1) is 13.2. The predicted octanol–water partition coefficient (Wildman–Crippen LogP) is 5.28. The van der Waals surface area contributed by atoms with Gasteiger partial charge in [-0.2, -0.15) is 5.26 Å². The highest BCUT2D eigenvalue weighted by Gasteiger charge is 2.30. The number of nitrogens with one attached hydrogen (secondary N) is 1. The molecule has 1 heterocycles. The molecule has 4 rings (SSSR count). The number of nitrogens with zero attached hydrogens (tertiary/aromatic N) is 1. The largest absolute Gasteiger partial charge is 0.434 e. The summed E-state index contributed by atoms with van der Waals surface area (Å²) in [4.78, 5) is 11.9. The number of carbonyl (C=O) groups excluding carboxylic acids is 1. The number of benzene rings is 3. The highest BCUT2D eigenvalue weighted by atomic mass is 35.5. The number of carbonyl (C=O) groups is 1. The summed E-state index contributed by atoms with van der Waals surface area (Å²) >= 11 is 6.47. The third-order valence-corrected chi connectivity index (χ3v) is 4.89. The summed E-state index contributed by atoms with van der Waals surface area (Å²) < 4.78 is 5.40. The van der Waals surface area contributed by atoms with Crippen molar-refractivity contribution in [2.45, 2.75) is 12.1 Å². The number of fused-ring (bicyclic) bond motifs is 1. The summed E-state index contributed by atoms with van der Waals surface area (Å²) in [6.45, 7) is 0. The summed E-state index contributed by atoms with van der Waals surface area (Å²) in [6.07, 6.45) is -0.559. The van der Waals surface area contributed by atoms with E-state index in [1.807, 2.05) is 54.6 Å². The Bertz CT molecular complexity index is 1040. The van der Waals surface area contributed by atoms with Gasteiger partial charge >= 0.3 is 5.97 Å². The van der Waals surface area contributed by atoms with Crippen LogP contribution in [-0.4, -0.2) is 5.97 Å². The van der Waals surface area contributed by atoms with Crippen molar-refractivity contribution in [1.82, 2.24) is 0 Å². The number of rotatable bonds is 4. The molecule has 3 aromatic carbocycles. The second-order valence-corrected chi connectivity index (χ2v) is 6.63. The number of halogens is 1. The van der Waals surface area contributed by atoms with Crippen LogP contribution in [0.25, 0.3) is 0 Å². The number of ether oxygens (including phenoxy) is 1. The minimum Gasteiger partial charge on any atom is -0.434 e. The van der Waals surface area contributed by atoms with E-state index in [1.165, 1.54) is 0 Å². The molecule has 0 spiro atoms. The average Bonchev–Trinajstić information content (AvgIpc) is 3.01. The van der Waals surface area contributed by atoms with Crippen molar-refractivity contribution in [2.75, 3.05) is 5.32 Å². The quantitative estimate of drug-likeness (QED) is 0.631. The zero-order valence-corrected chi connectivity index (χ0v) is 15.0. The lowest BCUT2D eigenvalue weighted by atomic mass is 9.92. The number of anilines is 1. The Hall–Kier alpha value is -3.29. The van der Waals surface area contributed by atoms with Gasteiger partial charge in [-0.15, -0.1) is 0 Å². The number of cyclic esters (lactones) is 1. The zero-order valence-electron chi connectivity index (χ0n) is 14.2. The van der Waals surface area contributed by atoms with E-state index >= 15 is 0 Å². The van der Waals surface area contributed by atoms with Gasteiger partial charge in [-0.25, -0.2) is 4.79 Å². The lowest BCUT2D eigenvalue weighted by Gasteiger charge is -2.17. The molecule has 0 saturated carbocycles. The number of esters is 1. The van der Waals surface area contributed by atoms with Gasteiger partial charge in [-0.05, 0) is 29.3 Å². The Labute approximate surface area is 162 Å². The fourth-order valence-electron chi connectivity index (χ4n) is 3.22. The molecule has 0 fully saturated rings. The average molecular weight is 375 g/mol. The molecule has 1 aliphatic rings. The summed E-state index contributed by atoms with van der Waals surface area (Å²) in [5.74, 6) is -0.794. The monoisotopic (exact) mass is 374 g/mol. The maximum atomic E-state index is 11.9. The molecule has 1 aliphatic heterocycles. The molecule has 132 valence electrons. The van der Waals surface area contributed by atoms with Gasteiger partial charge in [0.15, 0.2) is 0 Å². The lowest BCUT2D eigenvalue weighted by Crippen LogP contribution is -2.10. The maximum Gasteiger partial charge on any atom is 0.340 e. The first-order valence-corrected chi connectivity index (χ1v) is 8.85. The fraction of sp³-hybridized carbons (Fsp3) is 0.0909. The Morgan fingerprint density at radius 2 is 1.78 bits per heavy atom. The molecule has 0 aromatic heterocycles. The van der Waals surface area contributed by atoms with E-state index in [-0.39, 0.29) is 5.97 Å². The van der Waals surface area contributed by atoms with Crippen molar-refractivity contribution in [2.24, 2.45) is 0 Å². The van der Waals surface area contributed by atoms with Crippen LogP contribution >= 0.6 is 11.6 Å². The van der Waals surface area contributed by atoms with Crippen molar-refractivity contribution < 1.29 is 9.53 Å². The number of nitriles is 1. The Balaban J connectivity index is 1.60. The van der Waals surface area contributed by atoms with E-state index in [0.717, 1.165) is 16.7 Å². The van der Waals surface area contributed by atoms with Gasteiger partial charge in [0.05, 0.1) is 17.6 Å². The minimum absolute atomic E-state index is 0.348. The van der Waals surface area contributed by atoms with Crippen molar-refractivity contribution in [3.05, 3.63) is 100 Å². The lowest BCUT2D eigenvalue weighted by molar-refractivity contribution is 0.0437. The molecule has 0 saturated heterocycles. The van der Waals surface area contributed by atoms with Crippen LogP contribution in [0.3, 0.4) is 0 Å². The molecule has 2 unspecified atom stereocenters. The third kappa shape index (κ3) is 3.25. The molecule has 0 amide bonds. The van der Waals surface area contributed by atoms with Crippen LogP contribution in [0.15, 0.2) is 72.8 Å². The zero-order chi connectivity index (χ0) is 18.8. The van der Waals surface area contributed by atoms with Gasteiger partial charge in [0.1, 0.15) is 0 Å². The van der Waals surface area contributed by atoms with E-state index in [1.54, 1.807) is 18.2 Å². The van der Waals surface area contributed by atoms with Gasteiger partial charge in [-0.1, -0.05) is 66.2 Å². The van der Waals surface area contributed by atoms with Crippen molar-refractivity contribution in [3.8, 4) is 6.07 Å². The standard InChI is InChI=1S/C22H15ClN2O2/c23-20-12-15(25-21-17-8-4-5-9-18(17)22(26)27-21)10-11-16(20)19(13-24)14-6-2-1-3-7-14/h1-12,19,21,25H. The molecule has 27 heavy (non-hydrogen) atoms. The minimum atomic E-state index is -0.559. The van der Waals surface area contributed by atoms with Crippen molar-refractivity contribution in [1.29, 1.82) is 5.26 Å². The SMILES string of the molecule is N#CC(c1ccccc1)c1ccc(NC2OC(=O)c3ccccc32)cc1Cl. The molecule has 3 aromatic rings. The summed E-state index contributed by atoms with van der Waals surface area (Å²) in [5, 5.41) is 13.3. The molecule has 5 heteroatoms. The molecule has 1 N–H and O–H groups in total. The van der Waals surface area contributed by atoms with Gasteiger partial charge < -0.3 is 10.1 Å². The summed E-state index contributed by atoms with van der Waals surface area (Å²) in [5.41, 5.74) is 3.69. The topological polar surface area (TPSA) is 62.1 Å². The first kappa shape index (κ1) is 17.1. The third-order valence-electron chi connectivity index (χ3n) is 4.56. The van der Waals surface area contributed by atoms with Crippen molar-refractivity contribution in [3.63, 3.8) is 0 Å². The summed E-state index contributed by atoms with van der Waals surface area (Å²) in [6, 6.07) is 24.5. The molecule has 0 aliphatic carbocycles. The molecule has 2 atom stereocenters. The van der Waals surface area contributed by atoms with E-state index < -0.39 is 12.1 Å². The second-order valence-electron chi connectivity index (χ2n) is 6.23. The molecule has 4 nitrogen and oxygen atoms in total. The van der Waals surface area contributed by atoms with Crippen LogP contribution in [0, 0.1) is 11.3 Å². The first-order valence-electron chi connectivity index (χ1n) is 8.48. The normalized spacial score (nSPS) is 16.1.